The standard InChI is InChI=1S/C22H18O3/c1-23-17-11-7-15(8-12-17)21-19-5-3-4-6-20(19)22(25-21)16-9-13-18(24-2)14-10-16/h3-14H,1-2H3. The highest BCUT2D eigenvalue weighted by Crippen LogP contribution is 2.39. The summed E-state index contributed by atoms with van der Waals surface area (Å²) in [5.41, 5.74) is 2.05. The van der Waals surface area contributed by atoms with Crippen molar-refractivity contribution < 1.29 is 13.9 Å². The van der Waals surface area contributed by atoms with Crippen LogP contribution in [0.3, 0.4) is 0 Å². The van der Waals surface area contributed by atoms with Crippen LogP contribution in [0.4, 0.5) is 0 Å². The fourth-order valence-corrected chi connectivity index (χ4v) is 3.00. The normalized spacial score (nSPS) is 10.8. The maximum atomic E-state index is 6.30. The van der Waals surface area contributed by atoms with E-state index in [1.165, 1.54) is 0 Å². The molecule has 0 saturated carbocycles. The van der Waals surface area contributed by atoms with Gasteiger partial charge in [0.05, 0.1) is 14.2 Å². The molecule has 0 aliphatic heterocycles. The van der Waals surface area contributed by atoms with E-state index in [-0.39, 0.29) is 0 Å². The van der Waals surface area contributed by atoms with Crippen LogP contribution in [-0.4, -0.2) is 14.2 Å². The molecule has 4 rings (SSSR count). The molecule has 25 heavy (non-hydrogen) atoms. The molecule has 0 aliphatic carbocycles. The molecule has 1 aromatic heterocycles. The lowest BCUT2D eigenvalue weighted by Gasteiger charge is -2.02. The molecule has 0 atom stereocenters. The molecule has 0 N–H and O–H groups in total. The van der Waals surface area contributed by atoms with E-state index in [1.807, 2.05) is 60.7 Å². The first kappa shape index (κ1) is 15.3. The Kier molecular flexibility index (Phi) is 3.90. The molecule has 4 aromatic rings. The molecule has 3 heteroatoms. The average Bonchev–Trinajstić information content (AvgIpc) is 3.08. The molecule has 0 unspecified atom stereocenters. The first-order valence-electron chi connectivity index (χ1n) is 8.10. The van der Waals surface area contributed by atoms with E-state index in [9.17, 15) is 0 Å². The predicted octanol–water partition coefficient (Wildman–Crippen LogP) is 5.78. The third-order valence-electron chi connectivity index (χ3n) is 4.32. The largest absolute Gasteiger partial charge is 0.497 e. The van der Waals surface area contributed by atoms with Gasteiger partial charge in [0.1, 0.15) is 23.0 Å². The summed E-state index contributed by atoms with van der Waals surface area (Å²) in [6, 6.07) is 24.1. The fourth-order valence-electron chi connectivity index (χ4n) is 3.00. The van der Waals surface area contributed by atoms with Crippen molar-refractivity contribution in [2.45, 2.75) is 0 Å². The Morgan fingerprint density at radius 1 is 0.560 bits per heavy atom. The lowest BCUT2D eigenvalue weighted by molar-refractivity contribution is 0.415. The van der Waals surface area contributed by atoms with Gasteiger partial charge in [0, 0.05) is 21.9 Å². The van der Waals surface area contributed by atoms with Gasteiger partial charge in [-0.3, -0.25) is 0 Å². The first-order valence-corrected chi connectivity index (χ1v) is 8.10. The van der Waals surface area contributed by atoms with E-state index >= 15 is 0 Å². The highest BCUT2D eigenvalue weighted by atomic mass is 16.5. The molecule has 3 aromatic carbocycles. The molecular weight excluding hydrogens is 312 g/mol. The van der Waals surface area contributed by atoms with Crippen LogP contribution in [0.5, 0.6) is 11.5 Å². The summed E-state index contributed by atoms with van der Waals surface area (Å²) in [7, 11) is 3.33. The number of ether oxygens (including phenoxy) is 2. The minimum atomic E-state index is 0.829. The highest BCUT2D eigenvalue weighted by molar-refractivity contribution is 6.02. The van der Waals surface area contributed by atoms with Crippen LogP contribution in [0.15, 0.2) is 77.2 Å². The molecule has 0 fully saturated rings. The minimum Gasteiger partial charge on any atom is -0.497 e. The highest BCUT2D eigenvalue weighted by Gasteiger charge is 2.16. The number of fused-ring (bicyclic) bond motifs is 1. The number of hydrogen-bond donors (Lipinski definition) is 0. The van der Waals surface area contributed by atoms with Crippen molar-refractivity contribution in [2.24, 2.45) is 0 Å². The van der Waals surface area contributed by atoms with Gasteiger partial charge in [0.15, 0.2) is 0 Å². The Morgan fingerprint density at radius 2 is 0.960 bits per heavy atom. The topological polar surface area (TPSA) is 31.6 Å². The van der Waals surface area contributed by atoms with Crippen LogP contribution in [0, 0.1) is 0 Å². The van der Waals surface area contributed by atoms with E-state index in [1.54, 1.807) is 14.2 Å². The van der Waals surface area contributed by atoms with E-state index < -0.39 is 0 Å². The van der Waals surface area contributed by atoms with Crippen molar-refractivity contribution in [3.63, 3.8) is 0 Å². The van der Waals surface area contributed by atoms with Crippen LogP contribution in [-0.2, 0) is 0 Å². The number of hydrogen-bond acceptors (Lipinski definition) is 3. The minimum absolute atomic E-state index is 0.829. The van der Waals surface area contributed by atoms with E-state index in [0.29, 0.717) is 0 Å². The molecule has 3 nitrogen and oxygen atoms in total. The monoisotopic (exact) mass is 330 g/mol. The maximum absolute atomic E-state index is 6.30. The number of rotatable bonds is 4. The smallest absolute Gasteiger partial charge is 0.142 e. The Balaban J connectivity index is 1.88. The quantitative estimate of drug-likeness (QED) is 0.475. The van der Waals surface area contributed by atoms with E-state index in [4.69, 9.17) is 13.9 Å². The van der Waals surface area contributed by atoms with Gasteiger partial charge in [-0.2, -0.15) is 0 Å². The molecule has 0 saturated heterocycles. The summed E-state index contributed by atoms with van der Waals surface area (Å²) in [4.78, 5) is 0. The Morgan fingerprint density at radius 3 is 1.32 bits per heavy atom. The second kappa shape index (κ2) is 6.36. The molecule has 0 bridgehead atoms. The van der Waals surface area contributed by atoms with Gasteiger partial charge in [-0.15, -0.1) is 0 Å². The Labute approximate surface area is 146 Å². The Bertz CT molecular complexity index is 914. The molecule has 0 radical (unpaired) electrons. The van der Waals surface area contributed by atoms with Crippen LogP contribution >= 0.6 is 0 Å². The third kappa shape index (κ3) is 2.74. The third-order valence-corrected chi connectivity index (χ3v) is 4.32. The van der Waals surface area contributed by atoms with Crippen LogP contribution in [0.2, 0.25) is 0 Å². The zero-order valence-electron chi connectivity index (χ0n) is 14.2. The van der Waals surface area contributed by atoms with Crippen molar-refractivity contribution in [2.75, 3.05) is 14.2 Å². The predicted molar refractivity (Wildman–Crippen MR) is 100 cm³/mol. The molecule has 124 valence electrons. The van der Waals surface area contributed by atoms with E-state index in [0.717, 1.165) is 44.9 Å². The molecule has 0 amide bonds. The van der Waals surface area contributed by atoms with Gasteiger partial charge in [-0.1, -0.05) is 24.3 Å². The SMILES string of the molecule is COc1ccc(-c2oc(-c3ccc(OC)cc3)c3ccccc23)cc1. The first-order chi connectivity index (χ1) is 12.3. The molecular formula is C22H18O3. The lowest BCUT2D eigenvalue weighted by atomic mass is 10.0. The van der Waals surface area contributed by atoms with Gasteiger partial charge < -0.3 is 13.9 Å². The van der Waals surface area contributed by atoms with Crippen molar-refractivity contribution >= 4 is 10.8 Å². The summed E-state index contributed by atoms with van der Waals surface area (Å²) < 4.78 is 16.8. The summed E-state index contributed by atoms with van der Waals surface area (Å²) in [5, 5.41) is 2.19. The van der Waals surface area contributed by atoms with Gasteiger partial charge in [0.2, 0.25) is 0 Å². The van der Waals surface area contributed by atoms with Gasteiger partial charge in [-0.05, 0) is 48.5 Å². The average molecular weight is 330 g/mol. The molecule has 0 spiro atoms. The van der Waals surface area contributed by atoms with Crippen molar-refractivity contribution in [1.29, 1.82) is 0 Å². The molecule has 1 heterocycles. The van der Waals surface area contributed by atoms with Gasteiger partial charge >= 0.3 is 0 Å². The number of benzene rings is 3. The van der Waals surface area contributed by atoms with Gasteiger partial charge in [-0.25, -0.2) is 0 Å². The van der Waals surface area contributed by atoms with Crippen molar-refractivity contribution in [3.05, 3.63) is 72.8 Å². The summed E-state index contributed by atoms with van der Waals surface area (Å²) in [6.07, 6.45) is 0. The zero-order valence-corrected chi connectivity index (χ0v) is 14.2. The van der Waals surface area contributed by atoms with Crippen LogP contribution < -0.4 is 9.47 Å². The second-order valence-electron chi connectivity index (χ2n) is 5.76. The number of methoxy groups -OCH3 is 2. The molecule has 0 aliphatic rings. The Hall–Kier alpha value is -3.20. The maximum Gasteiger partial charge on any atom is 0.142 e. The number of furan rings is 1. The second-order valence-corrected chi connectivity index (χ2v) is 5.76. The van der Waals surface area contributed by atoms with E-state index in [2.05, 4.69) is 12.1 Å². The van der Waals surface area contributed by atoms with Crippen molar-refractivity contribution in [3.8, 4) is 34.1 Å². The fraction of sp³-hybridized carbons (Fsp3) is 0.0909. The zero-order chi connectivity index (χ0) is 17.2. The van der Waals surface area contributed by atoms with Gasteiger partial charge in [0.25, 0.3) is 0 Å². The lowest BCUT2D eigenvalue weighted by Crippen LogP contribution is -1.82. The summed E-state index contributed by atoms with van der Waals surface area (Å²) in [6.45, 7) is 0. The summed E-state index contributed by atoms with van der Waals surface area (Å²) in [5.74, 6) is 3.39. The van der Waals surface area contributed by atoms with Crippen molar-refractivity contribution in [1.82, 2.24) is 0 Å². The van der Waals surface area contributed by atoms with Crippen LogP contribution in [0.1, 0.15) is 0 Å². The summed E-state index contributed by atoms with van der Waals surface area (Å²) >= 11 is 0. The van der Waals surface area contributed by atoms with Crippen LogP contribution in [0.25, 0.3) is 33.4 Å².